The van der Waals surface area contributed by atoms with E-state index in [1.54, 1.807) is 0 Å². The Morgan fingerprint density at radius 3 is 2.38 bits per heavy atom. The molecule has 0 aromatic rings. The third kappa shape index (κ3) is 1.64. The highest BCUT2D eigenvalue weighted by molar-refractivity contribution is 6.18. The fourth-order valence-electron chi connectivity index (χ4n) is 0.901. The van der Waals surface area contributed by atoms with Crippen LogP contribution in [0.1, 0.15) is 12.8 Å². The average Bonchev–Trinajstić information content (AvgIpc) is 1.90. The highest BCUT2D eigenvalue weighted by Gasteiger charge is 2.10. The van der Waals surface area contributed by atoms with E-state index in [4.69, 9.17) is 16.3 Å². The molecule has 1 rings (SSSR count). The summed E-state index contributed by atoms with van der Waals surface area (Å²) in [5, 5.41) is 0. The first-order valence-electron chi connectivity index (χ1n) is 3.07. The van der Waals surface area contributed by atoms with Crippen LogP contribution in [-0.2, 0) is 4.74 Å². The van der Waals surface area contributed by atoms with Gasteiger partial charge in [0.05, 0.1) is 0 Å². The van der Waals surface area contributed by atoms with Crippen LogP contribution in [0.5, 0.6) is 0 Å². The molecule has 0 bridgehead atoms. The molecule has 2 heteroatoms. The Hall–Kier alpha value is 0.250. The van der Waals surface area contributed by atoms with Gasteiger partial charge in [0, 0.05) is 19.1 Å². The van der Waals surface area contributed by atoms with Crippen LogP contribution >= 0.6 is 11.6 Å². The van der Waals surface area contributed by atoms with E-state index >= 15 is 0 Å². The van der Waals surface area contributed by atoms with E-state index in [0.717, 1.165) is 37.9 Å². The maximum Gasteiger partial charge on any atom is 0.0469 e. The fourth-order valence-corrected chi connectivity index (χ4v) is 1.21. The minimum absolute atomic E-state index is 0.727. The second-order valence-corrected chi connectivity index (χ2v) is 2.52. The van der Waals surface area contributed by atoms with Crippen LogP contribution in [0.3, 0.4) is 0 Å². The number of rotatable bonds is 1. The minimum Gasteiger partial charge on any atom is -0.381 e. The quantitative estimate of drug-likeness (QED) is 0.496. The van der Waals surface area contributed by atoms with E-state index in [-0.39, 0.29) is 0 Å². The molecule has 0 aliphatic carbocycles. The number of hydrogen-bond acceptors (Lipinski definition) is 1. The molecule has 0 saturated carbocycles. The molecule has 0 radical (unpaired) electrons. The van der Waals surface area contributed by atoms with Crippen molar-refractivity contribution in [1.29, 1.82) is 0 Å². The zero-order valence-electron chi connectivity index (χ0n) is 4.90. The monoisotopic (exact) mass is 134 g/mol. The van der Waals surface area contributed by atoms with Gasteiger partial charge in [0.2, 0.25) is 0 Å². The fraction of sp³-hybridized carbons (Fsp3) is 1.00. The zero-order valence-corrected chi connectivity index (χ0v) is 5.66. The molecule has 0 spiro atoms. The van der Waals surface area contributed by atoms with Crippen molar-refractivity contribution in [3.63, 3.8) is 0 Å². The summed E-state index contributed by atoms with van der Waals surface area (Å²) in [7, 11) is 0. The van der Waals surface area contributed by atoms with E-state index in [1.807, 2.05) is 0 Å². The molecule has 1 saturated heterocycles. The van der Waals surface area contributed by atoms with Crippen molar-refractivity contribution in [2.75, 3.05) is 19.1 Å². The average molecular weight is 135 g/mol. The molecule has 0 amide bonds. The standard InChI is InChI=1S/C6H11ClO/c7-5-6-1-3-8-4-2-6/h6H,1-5H2. The van der Waals surface area contributed by atoms with Crippen LogP contribution in [0.4, 0.5) is 0 Å². The maximum absolute atomic E-state index is 5.62. The van der Waals surface area contributed by atoms with Crippen molar-refractivity contribution >= 4 is 11.6 Å². The topological polar surface area (TPSA) is 9.23 Å². The number of alkyl halides is 1. The first-order chi connectivity index (χ1) is 3.93. The van der Waals surface area contributed by atoms with Gasteiger partial charge in [0.25, 0.3) is 0 Å². The van der Waals surface area contributed by atoms with Crippen molar-refractivity contribution in [3.05, 3.63) is 0 Å². The van der Waals surface area contributed by atoms with Gasteiger partial charge in [0.1, 0.15) is 0 Å². The van der Waals surface area contributed by atoms with Gasteiger partial charge in [-0.15, -0.1) is 11.6 Å². The van der Waals surface area contributed by atoms with Gasteiger partial charge >= 0.3 is 0 Å². The van der Waals surface area contributed by atoms with E-state index < -0.39 is 0 Å². The van der Waals surface area contributed by atoms with Crippen LogP contribution in [0.2, 0.25) is 0 Å². The minimum atomic E-state index is 0.727. The van der Waals surface area contributed by atoms with E-state index in [0.29, 0.717) is 0 Å². The van der Waals surface area contributed by atoms with E-state index in [1.165, 1.54) is 0 Å². The van der Waals surface area contributed by atoms with Gasteiger partial charge in [0.15, 0.2) is 0 Å². The third-order valence-corrected chi connectivity index (χ3v) is 2.00. The summed E-state index contributed by atoms with van der Waals surface area (Å²) < 4.78 is 5.14. The van der Waals surface area contributed by atoms with Crippen LogP contribution in [0.25, 0.3) is 0 Å². The largest absolute Gasteiger partial charge is 0.381 e. The molecule has 0 unspecified atom stereocenters. The van der Waals surface area contributed by atoms with Crippen LogP contribution < -0.4 is 0 Å². The molecule has 0 N–H and O–H groups in total. The summed E-state index contributed by atoms with van der Waals surface area (Å²) >= 11 is 5.62. The smallest absolute Gasteiger partial charge is 0.0469 e. The molecule has 1 aliphatic rings. The molecular formula is C6H11ClO. The Kier molecular flexibility index (Phi) is 2.64. The summed E-state index contributed by atoms with van der Waals surface area (Å²) in [6.07, 6.45) is 2.31. The molecule has 1 aliphatic heterocycles. The Morgan fingerprint density at radius 1 is 1.38 bits per heavy atom. The molecule has 1 fully saturated rings. The Balaban J connectivity index is 2.13. The third-order valence-electron chi connectivity index (χ3n) is 1.56. The summed E-state index contributed by atoms with van der Waals surface area (Å²) in [4.78, 5) is 0. The molecule has 0 aromatic heterocycles. The highest BCUT2D eigenvalue weighted by Crippen LogP contribution is 2.15. The van der Waals surface area contributed by atoms with Gasteiger partial charge in [-0.3, -0.25) is 0 Å². The molecule has 1 nitrogen and oxygen atoms in total. The second-order valence-electron chi connectivity index (χ2n) is 2.21. The van der Waals surface area contributed by atoms with Gasteiger partial charge in [-0.25, -0.2) is 0 Å². The maximum atomic E-state index is 5.62. The van der Waals surface area contributed by atoms with E-state index in [9.17, 15) is 0 Å². The van der Waals surface area contributed by atoms with Crippen molar-refractivity contribution in [2.45, 2.75) is 12.8 Å². The molecule has 1 heterocycles. The first kappa shape index (κ1) is 6.37. The lowest BCUT2D eigenvalue weighted by molar-refractivity contribution is 0.0724. The zero-order chi connectivity index (χ0) is 5.82. The number of ether oxygens (including phenoxy) is 1. The number of hydrogen-bond donors (Lipinski definition) is 0. The lowest BCUT2D eigenvalue weighted by Crippen LogP contribution is -2.16. The normalized spacial score (nSPS) is 23.6. The second kappa shape index (κ2) is 3.31. The molecule has 0 atom stereocenters. The SMILES string of the molecule is ClCC1CCOCC1. The van der Waals surface area contributed by atoms with Crippen molar-refractivity contribution in [3.8, 4) is 0 Å². The van der Waals surface area contributed by atoms with Gasteiger partial charge in [-0.05, 0) is 18.8 Å². The first-order valence-corrected chi connectivity index (χ1v) is 3.60. The summed E-state index contributed by atoms with van der Waals surface area (Å²) in [5.41, 5.74) is 0. The molecule has 0 aromatic carbocycles. The van der Waals surface area contributed by atoms with Gasteiger partial charge < -0.3 is 4.74 Å². The Bertz CT molecular complexity index is 59.5. The Labute approximate surface area is 55.0 Å². The summed E-state index contributed by atoms with van der Waals surface area (Å²) in [6, 6.07) is 0. The van der Waals surface area contributed by atoms with E-state index in [2.05, 4.69) is 0 Å². The molecular weight excluding hydrogens is 124 g/mol. The van der Waals surface area contributed by atoms with Gasteiger partial charge in [-0.1, -0.05) is 0 Å². The van der Waals surface area contributed by atoms with Crippen molar-refractivity contribution < 1.29 is 4.74 Å². The summed E-state index contributed by atoms with van der Waals surface area (Å²) in [6.45, 7) is 1.83. The molecule has 48 valence electrons. The lowest BCUT2D eigenvalue weighted by atomic mass is 10.0. The summed E-state index contributed by atoms with van der Waals surface area (Å²) in [5.74, 6) is 1.54. The van der Waals surface area contributed by atoms with Crippen LogP contribution in [0.15, 0.2) is 0 Å². The Morgan fingerprint density at radius 2 is 2.00 bits per heavy atom. The lowest BCUT2D eigenvalue weighted by Gasteiger charge is -2.18. The van der Waals surface area contributed by atoms with Crippen LogP contribution in [0, 0.1) is 5.92 Å². The number of halogens is 1. The predicted octanol–water partition coefficient (Wildman–Crippen LogP) is 1.65. The van der Waals surface area contributed by atoms with Crippen molar-refractivity contribution in [1.82, 2.24) is 0 Å². The van der Waals surface area contributed by atoms with Crippen molar-refractivity contribution in [2.24, 2.45) is 5.92 Å². The highest BCUT2D eigenvalue weighted by atomic mass is 35.5. The predicted molar refractivity (Wildman–Crippen MR) is 34.3 cm³/mol. The van der Waals surface area contributed by atoms with Gasteiger partial charge in [-0.2, -0.15) is 0 Å². The van der Waals surface area contributed by atoms with Crippen LogP contribution in [-0.4, -0.2) is 19.1 Å². The molecule has 8 heavy (non-hydrogen) atoms.